The molecule has 0 spiro atoms. The van der Waals surface area contributed by atoms with E-state index in [1.807, 2.05) is 31.4 Å². The van der Waals surface area contributed by atoms with Gasteiger partial charge in [-0.15, -0.1) is 22.7 Å². The summed E-state index contributed by atoms with van der Waals surface area (Å²) in [5.74, 6) is 0. The van der Waals surface area contributed by atoms with Gasteiger partial charge in [0.05, 0.1) is 6.04 Å². The molecule has 0 amide bonds. The first-order chi connectivity index (χ1) is 10.4. The van der Waals surface area contributed by atoms with E-state index in [2.05, 4.69) is 11.4 Å². The summed E-state index contributed by atoms with van der Waals surface area (Å²) in [6, 6.07) is 5.83. The van der Waals surface area contributed by atoms with E-state index in [0.717, 1.165) is 16.9 Å². The highest BCUT2D eigenvalue weighted by molar-refractivity contribution is 7.86. The molecule has 1 aliphatic heterocycles. The lowest BCUT2D eigenvalue weighted by molar-refractivity contribution is 0.299. The lowest BCUT2D eigenvalue weighted by Gasteiger charge is -2.37. The van der Waals surface area contributed by atoms with Crippen LogP contribution in [0, 0.1) is 0 Å². The topological polar surface area (TPSA) is 40.6 Å². The zero-order chi connectivity index (χ0) is 15.9. The van der Waals surface area contributed by atoms with Crippen LogP contribution >= 0.6 is 22.7 Å². The fourth-order valence-corrected chi connectivity index (χ4v) is 6.22. The molecule has 2 aromatic rings. The zero-order valence-electron chi connectivity index (χ0n) is 12.9. The molecule has 4 nitrogen and oxygen atoms in total. The second-order valence-electron chi connectivity index (χ2n) is 5.70. The number of nitrogens with zero attached hydrogens (tertiary/aromatic N) is 2. The summed E-state index contributed by atoms with van der Waals surface area (Å²) in [5, 5.41) is 4.07. The van der Waals surface area contributed by atoms with Gasteiger partial charge in [0.25, 0.3) is 10.2 Å². The van der Waals surface area contributed by atoms with Crippen LogP contribution in [0.25, 0.3) is 0 Å². The second-order valence-corrected chi connectivity index (χ2v) is 9.62. The normalized spacial score (nSPS) is 19.8. The van der Waals surface area contributed by atoms with Gasteiger partial charge < -0.3 is 0 Å². The van der Waals surface area contributed by atoms with Crippen LogP contribution in [-0.2, 0) is 16.6 Å². The number of hydrogen-bond acceptors (Lipinski definition) is 4. The fourth-order valence-electron chi connectivity index (χ4n) is 2.72. The van der Waals surface area contributed by atoms with Crippen molar-refractivity contribution in [2.75, 3.05) is 13.6 Å². The molecule has 0 fully saturated rings. The van der Waals surface area contributed by atoms with Crippen LogP contribution < -0.4 is 0 Å². The minimum Gasteiger partial charge on any atom is -0.195 e. The molecule has 1 atom stereocenters. The Kier molecular flexibility index (Phi) is 4.44. The van der Waals surface area contributed by atoms with Crippen molar-refractivity contribution >= 4 is 32.9 Å². The Morgan fingerprint density at radius 3 is 2.68 bits per heavy atom. The molecule has 0 saturated carbocycles. The number of thiophene rings is 2. The molecule has 3 rings (SSSR count). The highest BCUT2D eigenvalue weighted by Crippen LogP contribution is 2.41. The maximum atomic E-state index is 13.0. The summed E-state index contributed by atoms with van der Waals surface area (Å²) in [7, 11) is -1.82. The highest BCUT2D eigenvalue weighted by atomic mass is 32.2. The van der Waals surface area contributed by atoms with Crippen LogP contribution in [0.1, 0.15) is 35.2 Å². The molecule has 120 valence electrons. The first-order valence-corrected chi connectivity index (χ1v) is 10.4. The van der Waals surface area contributed by atoms with Crippen LogP contribution in [0.2, 0.25) is 0 Å². The predicted octanol–water partition coefficient (Wildman–Crippen LogP) is 3.34. The molecule has 0 aliphatic carbocycles. The minimum absolute atomic E-state index is 0.0575. The molecule has 0 unspecified atom stereocenters. The lowest BCUT2D eigenvalue weighted by atomic mass is 10.0. The number of fused-ring (bicyclic) bond motifs is 1. The molecule has 0 N–H and O–H groups in total. The average Bonchev–Trinajstić information content (AvgIpc) is 3.15. The molecule has 0 radical (unpaired) electrons. The van der Waals surface area contributed by atoms with Gasteiger partial charge >= 0.3 is 0 Å². The van der Waals surface area contributed by atoms with Gasteiger partial charge in [-0.2, -0.15) is 17.0 Å². The number of hydrogen-bond donors (Lipinski definition) is 0. The quantitative estimate of drug-likeness (QED) is 0.843. The van der Waals surface area contributed by atoms with Crippen LogP contribution in [0.15, 0.2) is 29.0 Å². The summed E-state index contributed by atoms with van der Waals surface area (Å²) >= 11 is 3.34. The summed E-state index contributed by atoms with van der Waals surface area (Å²) in [6.45, 7) is 4.34. The van der Waals surface area contributed by atoms with Gasteiger partial charge in [-0.25, -0.2) is 0 Å². The van der Waals surface area contributed by atoms with Gasteiger partial charge in [-0.05, 0) is 48.7 Å². The summed E-state index contributed by atoms with van der Waals surface area (Å²) in [5.41, 5.74) is 1.14. The molecule has 0 bridgehead atoms. The summed E-state index contributed by atoms with van der Waals surface area (Å²) in [4.78, 5) is 2.39. The summed E-state index contributed by atoms with van der Waals surface area (Å²) < 4.78 is 29.2. The van der Waals surface area contributed by atoms with Gasteiger partial charge in [0.15, 0.2) is 0 Å². The lowest BCUT2D eigenvalue weighted by Crippen LogP contribution is -2.48. The van der Waals surface area contributed by atoms with Gasteiger partial charge in [-0.3, -0.25) is 0 Å². The van der Waals surface area contributed by atoms with E-state index in [4.69, 9.17) is 0 Å². The van der Waals surface area contributed by atoms with E-state index in [0.29, 0.717) is 6.54 Å². The van der Waals surface area contributed by atoms with Crippen molar-refractivity contribution in [3.8, 4) is 0 Å². The predicted molar refractivity (Wildman–Crippen MR) is 92.7 cm³/mol. The Balaban J connectivity index is 2.08. The monoisotopic (exact) mass is 356 g/mol. The molecular formula is C15H20N2O2S3. The Hall–Kier alpha value is -0.730. The first-order valence-electron chi connectivity index (χ1n) is 7.27. The molecule has 0 saturated heterocycles. The largest absolute Gasteiger partial charge is 0.282 e. The Morgan fingerprint density at radius 1 is 1.27 bits per heavy atom. The van der Waals surface area contributed by atoms with E-state index in [1.54, 1.807) is 34.0 Å². The van der Waals surface area contributed by atoms with Crippen molar-refractivity contribution in [2.24, 2.45) is 0 Å². The van der Waals surface area contributed by atoms with E-state index in [9.17, 15) is 8.42 Å². The van der Waals surface area contributed by atoms with Crippen molar-refractivity contribution in [1.82, 2.24) is 8.61 Å². The fraction of sp³-hybridized carbons (Fsp3) is 0.467. The van der Waals surface area contributed by atoms with Crippen LogP contribution in [0.4, 0.5) is 0 Å². The molecule has 22 heavy (non-hydrogen) atoms. The van der Waals surface area contributed by atoms with Crippen LogP contribution in [-0.4, -0.2) is 36.7 Å². The molecule has 3 heterocycles. The number of rotatable bonds is 4. The maximum Gasteiger partial charge on any atom is 0.282 e. The zero-order valence-corrected chi connectivity index (χ0v) is 15.3. The Bertz CT molecular complexity index is 735. The van der Waals surface area contributed by atoms with Crippen LogP contribution in [0.5, 0.6) is 0 Å². The van der Waals surface area contributed by atoms with E-state index in [-0.39, 0.29) is 12.1 Å². The van der Waals surface area contributed by atoms with Gasteiger partial charge in [0.1, 0.15) is 0 Å². The third-order valence-electron chi connectivity index (χ3n) is 4.12. The van der Waals surface area contributed by atoms with Crippen molar-refractivity contribution in [3.63, 3.8) is 0 Å². The Morgan fingerprint density at radius 2 is 2.05 bits per heavy atom. The smallest absolute Gasteiger partial charge is 0.195 e. The SMILES string of the molecule is CC(C)N(C)S(=O)(=O)N1CCc2sccc2[C@H]1c1cccs1. The van der Waals surface area contributed by atoms with Crippen molar-refractivity contribution < 1.29 is 8.42 Å². The van der Waals surface area contributed by atoms with Crippen molar-refractivity contribution in [1.29, 1.82) is 0 Å². The molecule has 1 aliphatic rings. The average molecular weight is 357 g/mol. The van der Waals surface area contributed by atoms with Gasteiger partial charge in [0, 0.05) is 29.4 Å². The molecule has 2 aromatic heterocycles. The maximum absolute atomic E-state index is 13.0. The van der Waals surface area contributed by atoms with Gasteiger partial charge in [-0.1, -0.05) is 6.07 Å². The summed E-state index contributed by atoms with van der Waals surface area (Å²) in [6.07, 6.45) is 0.792. The second kappa shape index (κ2) is 6.05. The molecular weight excluding hydrogens is 336 g/mol. The third-order valence-corrected chi connectivity index (χ3v) is 8.18. The van der Waals surface area contributed by atoms with Gasteiger partial charge in [0.2, 0.25) is 0 Å². The Labute approximate surface area is 140 Å². The van der Waals surface area contributed by atoms with E-state index < -0.39 is 10.2 Å². The molecule has 0 aromatic carbocycles. The van der Waals surface area contributed by atoms with Crippen molar-refractivity contribution in [3.05, 3.63) is 44.3 Å². The van der Waals surface area contributed by atoms with E-state index >= 15 is 0 Å². The molecule has 7 heteroatoms. The first kappa shape index (κ1) is 16.1. The standard InChI is InChI=1S/C15H20N2O2S3/c1-11(2)16(3)22(18,19)17-8-6-13-12(7-10-21-13)15(17)14-5-4-9-20-14/h4-5,7,9-11,15H,6,8H2,1-3H3/t15-/m0/s1. The highest BCUT2D eigenvalue weighted by Gasteiger charge is 2.40. The van der Waals surface area contributed by atoms with Crippen molar-refractivity contribution in [2.45, 2.75) is 32.4 Å². The third kappa shape index (κ3) is 2.65. The van der Waals surface area contributed by atoms with Crippen LogP contribution in [0.3, 0.4) is 0 Å². The minimum atomic E-state index is -3.48. The van der Waals surface area contributed by atoms with E-state index in [1.165, 1.54) is 9.18 Å².